The van der Waals surface area contributed by atoms with Gasteiger partial charge in [0, 0.05) is 13.0 Å². The summed E-state index contributed by atoms with van der Waals surface area (Å²) in [5, 5.41) is 7.93. The molecule has 3 aromatic rings. The average Bonchev–Trinajstić information content (AvgIpc) is 3.08. The molecule has 0 aromatic carbocycles. The zero-order valence-corrected chi connectivity index (χ0v) is 13.5. The topological polar surface area (TPSA) is 68.8 Å². The summed E-state index contributed by atoms with van der Waals surface area (Å²) in [6.07, 6.45) is 0.793. The van der Waals surface area contributed by atoms with Crippen molar-refractivity contribution in [3.63, 3.8) is 0 Å². The third kappa shape index (κ3) is 2.56. The zero-order chi connectivity index (χ0) is 15.7. The van der Waals surface area contributed by atoms with Gasteiger partial charge in [-0.15, -0.1) is 0 Å². The lowest BCUT2D eigenvalue weighted by Gasteiger charge is -2.09. The van der Waals surface area contributed by atoms with Crippen LogP contribution < -0.4 is 5.32 Å². The Morgan fingerprint density at radius 2 is 2.00 bits per heavy atom. The highest BCUT2D eigenvalue weighted by Gasteiger charge is 2.15. The third-order valence-electron chi connectivity index (χ3n) is 3.64. The Balaban J connectivity index is 2.02. The summed E-state index contributed by atoms with van der Waals surface area (Å²) >= 11 is 0. The number of rotatable bonds is 5. The summed E-state index contributed by atoms with van der Waals surface area (Å²) in [6, 6.07) is 3.94. The van der Waals surface area contributed by atoms with Crippen molar-refractivity contribution in [2.45, 2.75) is 47.2 Å². The van der Waals surface area contributed by atoms with Crippen molar-refractivity contribution in [3.05, 3.63) is 35.2 Å². The van der Waals surface area contributed by atoms with Crippen molar-refractivity contribution in [2.24, 2.45) is 0 Å². The summed E-state index contributed by atoms with van der Waals surface area (Å²) in [7, 11) is 0. The molecule has 0 amide bonds. The van der Waals surface area contributed by atoms with Crippen LogP contribution in [0, 0.1) is 13.8 Å². The third-order valence-corrected chi connectivity index (χ3v) is 3.64. The van der Waals surface area contributed by atoms with E-state index in [1.165, 1.54) is 0 Å². The summed E-state index contributed by atoms with van der Waals surface area (Å²) in [4.78, 5) is 9.26. The number of fused-ring (bicyclic) bond motifs is 1. The summed E-state index contributed by atoms with van der Waals surface area (Å²) in [6.45, 7) is 9.43. The predicted octanol–water partition coefficient (Wildman–Crippen LogP) is 3.23. The minimum Gasteiger partial charge on any atom is -0.465 e. The predicted molar refractivity (Wildman–Crippen MR) is 85.9 cm³/mol. The first-order chi connectivity index (χ1) is 10.6. The van der Waals surface area contributed by atoms with E-state index >= 15 is 0 Å². The first-order valence-electron chi connectivity index (χ1n) is 7.65. The second kappa shape index (κ2) is 5.79. The van der Waals surface area contributed by atoms with Crippen molar-refractivity contribution < 1.29 is 4.42 Å². The Bertz CT molecular complexity index is 802. The maximum Gasteiger partial charge on any atom is 0.156 e. The van der Waals surface area contributed by atoms with Crippen LogP contribution in [0.25, 0.3) is 11.0 Å². The Morgan fingerprint density at radius 1 is 1.18 bits per heavy atom. The molecule has 3 aromatic heterocycles. The van der Waals surface area contributed by atoms with Crippen molar-refractivity contribution in [3.8, 4) is 0 Å². The molecule has 0 aliphatic heterocycles. The molecule has 3 heterocycles. The molecule has 0 atom stereocenters. The van der Waals surface area contributed by atoms with Gasteiger partial charge in [0.15, 0.2) is 5.82 Å². The number of hydrogen-bond acceptors (Lipinski definition) is 5. The molecule has 0 aliphatic rings. The number of hydrogen-bond donors (Lipinski definition) is 1. The number of nitrogens with zero attached hydrogens (tertiary/aromatic N) is 4. The van der Waals surface area contributed by atoms with Crippen LogP contribution in [0.15, 0.2) is 16.5 Å². The molecule has 1 N–H and O–H groups in total. The van der Waals surface area contributed by atoms with Gasteiger partial charge in [-0.1, -0.05) is 6.92 Å². The number of nitrogens with one attached hydrogen (secondary N) is 1. The van der Waals surface area contributed by atoms with E-state index < -0.39 is 0 Å². The van der Waals surface area contributed by atoms with E-state index in [-0.39, 0.29) is 0 Å². The number of aryl methyl sites for hydroxylation is 4. The van der Waals surface area contributed by atoms with E-state index in [9.17, 15) is 0 Å². The van der Waals surface area contributed by atoms with Crippen LogP contribution in [0.2, 0.25) is 0 Å². The van der Waals surface area contributed by atoms with Crippen LogP contribution in [0.1, 0.15) is 36.9 Å². The molecule has 0 bridgehead atoms. The molecule has 22 heavy (non-hydrogen) atoms. The molecule has 116 valence electrons. The molecule has 0 radical (unpaired) electrons. The fraction of sp³-hybridized carbons (Fsp3) is 0.438. The van der Waals surface area contributed by atoms with E-state index in [0.29, 0.717) is 6.54 Å². The minimum atomic E-state index is 0.594. The number of furan rings is 1. The first kappa shape index (κ1) is 14.6. The van der Waals surface area contributed by atoms with Crippen molar-refractivity contribution in [1.29, 1.82) is 0 Å². The highest BCUT2D eigenvalue weighted by molar-refractivity contribution is 5.87. The summed E-state index contributed by atoms with van der Waals surface area (Å²) in [5.74, 6) is 3.44. The molecule has 0 saturated carbocycles. The number of anilines is 1. The lowest BCUT2D eigenvalue weighted by molar-refractivity contribution is 0.490. The van der Waals surface area contributed by atoms with Crippen molar-refractivity contribution in [2.75, 3.05) is 5.32 Å². The van der Waals surface area contributed by atoms with Crippen molar-refractivity contribution >= 4 is 16.9 Å². The van der Waals surface area contributed by atoms with Gasteiger partial charge in [-0.25, -0.2) is 9.97 Å². The van der Waals surface area contributed by atoms with Crippen LogP contribution in [-0.4, -0.2) is 19.7 Å². The maximum atomic E-state index is 5.61. The van der Waals surface area contributed by atoms with Gasteiger partial charge >= 0.3 is 0 Å². The Labute approximate surface area is 129 Å². The SMILES string of the molecule is CCc1nc(NCc2ccc(C)o2)c2c(n1)c(C)nn2CC. The quantitative estimate of drug-likeness (QED) is 0.783. The second-order valence-corrected chi connectivity index (χ2v) is 5.31. The average molecular weight is 299 g/mol. The Kier molecular flexibility index (Phi) is 3.83. The van der Waals surface area contributed by atoms with E-state index in [1.807, 2.05) is 30.7 Å². The normalized spacial score (nSPS) is 11.3. The molecule has 0 unspecified atom stereocenters. The second-order valence-electron chi connectivity index (χ2n) is 5.31. The van der Waals surface area contributed by atoms with E-state index in [1.54, 1.807) is 0 Å². The highest BCUT2D eigenvalue weighted by Crippen LogP contribution is 2.24. The monoisotopic (exact) mass is 299 g/mol. The van der Waals surface area contributed by atoms with E-state index in [2.05, 4.69) is 34.2 Å². The van der Waals surface area contributed by atoms with Gasteiger partial charge in [0.1, 0.15) is 28.4 Å². The molecular formula is C16H21N5O. The van der Waals surface area contributed by atoms with E-state index in [0.717, 1.165) is 52.9 Å². The largest absolute Gasteiger partial charge is 0.465 e. The molecule has 6 nitrogen and oxygen atoms in total. The van der Waals surface area contributed by atoms with Gasteiger partial charge in [-0.3, -0.25) is 4.68 Å². The molecule has 0 aliphatic carbocycles. The van der Waals surface area contributed by atoms with Crippen LogP contribution in [-0.2, 0) is 19.5 Å². The standard InChI is InChI=1S/C16H21N5O/c1-5-13-18-14-11(4)20-21(6-2)15(14)16(19-13)17-9-12-8-7-10(3)22-12/h7-8H,5-6,9H2,1-4H3,(H,17,18,19). The van der Waals surface area contributed by atoms with Gasteiger partial charge in [0.2, 0.25) is 0 Å². The molecule has 6 heteroatoms. The lowest BCUT2D eigenvalue weighted by atomic mass is 10.3. The Hall–Kier alpha value is -2.37. The fourth-order valence-corrected chi connectivity index (χ4v) is 2.54. The molecule has 3 rings (SSSR count). The van der Waals surface area contributed by atoms with Gasteiger partial charge in [-0.05, 0) is 32.9 Å². The molecule has 0 spiro atoms. The van der Waals surface area contributed by atoms with Crippen LogP contribution >= 0.6 is 0 Å². The highest BCUT2D eigenvalue weighted by atomic mass is 16.3. The van der Waals surface area contributed by atoms with Gasteiger partial charge in [0.05, 0.1) is 12.2 Å². The summed E-state index contributed by atoms with van der Waals surface area (Å²) < 4.78 is 7.55. The van der Waals surface area contributed by atoms with Crippen LogP contribution in [0.4, 0.5) is 5.82 Å². The van der Waals surface area contributed by atoms with E-state index in [4.69, 9.17) is 4.42 Å². The maximum absolute atomic E-state index is 5.61. The first-order valence-corrected chi connectivity index (χ1v) is 7.65. The van der Waals surface area contributed by atoms with Crippen molar-refractivity contribution in [1.82, 2.24) is 19.7 Å². The number of aromatic nitrogens is 4. The van der Waals surface area contributed by atoms with Gasteiger partial charge in [0.25, 0.3) is 0 Å². The van der Waals surface area contributed by atoms with Gasteiger partial charge < -0.3 is 9.73 Å². The Morgan fingerprint density at radius 3 is 2.64 bits per heavy atom. The summed E-state index contributed by atoms with van der Waals surface area (Å²) in [5.41, 5.74) is 2.82. The zero-order valence-electron chi connectivity index (χ0n) is 13.5. The minimum absolute atomic E-state index is 0.594. The molecule has 0 saturated heterocycles. The molecule has 0 fully saturated rings. The smallest absolute Gasteiger partial charge is 0.156 e. The van der Waals surface area contributed by atoms with Crippen LogP contribution in [0.5, 0.6) is 0 Å². The lowest BCUT2D eigenvalue weighted by Crippen LogP contribution is -2.07. The molecular weight excluding hydrogens is 278 g/mol. The fourth-order valence-electron chi connectivity index (χ4n) is 2.54. The van der Waals surface area contributed by atoms with Crippen LogP contribution in [0.3, 0.4) is 0 Å². The van der Waals surface area contributed by atoms with Gasteiger partial charge in [-0.2, -0.15) is 5.10 Å².